The van der Waals surface area contributed by atoms with Crippen molar-refractivity contribution < 1.29 is 26.7 Å². The first kappa shape index (κ1) is 22.9. The number of fused-ring (bicyclic) bond motifs is 1. The fourth-order valence-corrected chi connectivity index (χ4v) is 4.50. The summed E-state index contributed by atoms with van der Waals surface area (Å²) < 4.78 is 68.6. The molecule has 2 atom stereocenters. The second kappa shape index (κ2) is 8.93. The number of rotatable bonds is 5. The molecule has 1 aliphatic heterocycles. The molecule has 1 saturated heterocycles. The lowest BCUT2D eigenvalue weighted by Gasteiger charge is -2.42. The summed E-state index contributed by atoms with van der Waals surface area (Å²) in [5.41, 5.74) is 4.25. The summed E-state index contributed by atoms with van der Waals surface area (Å²) in [6, 6.07) is 3.05. The van der Waals surface area contributed by atoms with E-state index in [0.717, 1.165) is 34.8 Å². The van der Waals surface area contributed by atoms with E-state index in [2.05, 4.69) is 15.0 Å². The summed E-state index contributed by atoms with van der Waals surface area (Å²) >= 11 is 0. The number of ether oxygens (including phenoxy) is 1. The molecule has 32 heavy (non-hydrogen) atoms. The first-order valence-electron chi connectivity index (χ1n) is 10.6. The van der Waals surface area contributed by atoms with Gasteiger partial charge < -0.3 is 10.5 Å². The minimum atomic E-state index is -4.64. The van der Waals surface area contributed by atoms with Gasteiger partial charge in [-0.05, 0) is 43.2 Å². The van der Waals surface area contributed by atoms with Gasteiger partial charge in [0.05, 0.1) is 17.4 Å². The van der Waals surface area contributed by atoms with Crippen LogP contribution < -0.4 is 5.73 Å². The van der Waals surface area contributed by atoms with Gasteiger partial charge in [-0.3, -0.25) is 9.58 Å². The number of hydrogen-bond donors (Lipinski definition) is 1. The van der Waals surface area contributed by atoms with E-state index >= 15 is 0 Å². The highest BCUT2D eigenvalue weighted by atomic mass is 19.4. The molecule has 2 saturated carbocycles. The van der Waals surface area contributed by atoms with Gasteiger partial charge in [0, 0.05) is 44.2 Å². The third-order valence-electron chi connectivity index (χ3n) is 6.43. The molecule has 2 N–H and O–H groups in total. The van der Waals surface area contributed by atoms with Crippen molar-refractivity contribution in [3.05, 3.63) is 30.1 Å². The number of alkyl halides is 5. The molecule has 3 fully saturated rings. The van der Waals surface area contributed by atoms with Gasteiger partial charge in [-0.2, -0.15) is 18.3 Å². The molecule has 0 aromatic carbocycles. The molecule has 11 heteroatoms. The maximum atomic E-state index is 12.7. The standard InChI is InChI=1S/C11H9F5N4.C10H17NO/c12-9(13)5-20-2-1-8(19-20)6-3-7(11(14,15)16)10(17)18-4-6;1-12-10-5-11(6-10)9-3-7-2-8(7)4-9/h1-4,9H,5H2,(H2,17,18);7-10H,2-6H2,1H3. The van der Waals surface area contributed by atoms with E-state index in [0.29, 0.717) is 6.10 Å². The maximum Gasteiger partial charge on any atom is 0.419 e. The van der Waals surface area contributed by atoms with Gasteiger partial charge in [-0.15, -0.1) is 0 Å². The summed E-state index contributed by atoms with van der Waals surface area (Å²) in [7, 11) is 1.83. The molecule has 3 heterocycles. The molecule has 0 spiro atoms. The van der Waals surface area contributed by atoms with Crippen molar-refractivity contribution in [2.75, 3.05) is 25.9 Å². The van der Waals surface area contributed by atoms with E-state index in [1.54, 1.807) is 0 Å². The SMILES string of the molecule is COC1CN(C2CC3CC3C2)C1.Nc1ncc(-c2ccn(CC(F)F)n2)cc1C(F)(F)F. The fraction of sp³-hybridized carbons (Fsp3) is 0.619. The third-order valence-corrected chi connectivity index (χ3v) is 6.43. The quantitative estimate of drug-likeness (QED) is 0.687. The maximum absolute atomic E-state index is 12.7. The second-order valence-electron chi connectivity index (χ2n) is 8.66. The van der Waals surface area contributed by atoms with E-state index in [1.165, 1.54) is 44.6 Å². The largest absolute Gasteiger partial charge is 0.419 e. The molecular formula is C21H26F5N5O. The van der Waals surface area contributed by atoms with E-state index in [-0.39, 0.29) is 11.3 Å². The first-order valence-corrected chi connectivity index (χ1v) is 10.6. The van der Waals surface area contributed by atoms with Crippen molar-refractivity contribution in [2.24, 2.45) is 11.8 Å². The average Bonchev–Trinajstić information content (AvgIpc) is 3.07. The monoisotopic (exact) mass is 459 g/mol. The highest BCUT2D eigenvalue weighted by Crippen LogP contribution is 2.53. The zero-order valence-corrected chi connectivity index (χ0v) is 17.6. The van der Waals surface area contributed by atoms with Crippen LogP contribution in [0.5, 0.6) is 0 Å². The molecular weight excluding hydrogens is 433 g/mol. The predicted octanol–water partition coefficient (Wildman–Crippen LogP) is 3.93. The second-order valence-corrected chi connectivity index (χ2v) is 8.66. The minimum Gasteiger partial charge on any atom is -0.383 e. The number of hydrogen-bond acceptors (Lipinski definition) is 5. The van der Waals surface area contributed by atoms with Crippen LogP contribution in [0.1, 0.15) is 24.8 Å². The molecule has 2 unspecified atom stereocenters. The number of pyridine rings is 1. The average molecular weight is 459 g/mol. The molecule has 0 bridgehead atoms. The van der Waals surface area contributed by atoms with Crippen LogP contribution in [0.3, 0.4) is 0 Å². The predicted molar refractivity (Wildman–Crippen MR) is 108 cm³/mol. The van der Waals surface area contributed by atoms with Crippen LogP contribution in [-0.4, -0.2) is 58.4 Å². The summed E-state index contributed by atoms with van der Waals surface area (Å²) in [6.45, 7) is 1.76. The Hall–Kier alpha value is -2.27. The summed E-state index contributed by atoms with van der Waals surface area (Å²) in [4.78, 5) is 6.06. The summed E-state index contributed by atoms with van der Waals surface area (Å²) in [5.74, 6) is 1.60. The van der Waals surface area contributed by atoms with Crippen LogP contribution in [-0.2, 0) is 17.5 Å². The molecule has 176 valence electrons. The van der Waals surface area contributed by atoms with E-state index < -0.39 is 30.5 Å². The van der Waals surface area contributed by atoms with Gasteiger partial charge in [0.25, 0.3) is 6.43 Å². The molecule has 0 amide bonds. The van der Waals surface area contributed by atoms with Gasteiger partial charge in [-0.25, -0.2) is 13.8 Å². The molecule has 5 rings (SSSR count). The molecule has 2 aromatic heterocycles. The van der Waals surface area contributed by atoms with Gasteiger partial charge in [0.15, 0.2) is 0 Å². The summed E-state index contributed by atoms with van der Waals surface area (Å²) in [6.07, 6.45) is 0.184. The Morgan fingerprint density at radius 2 is 1.88 bits per heavy atom. The Morgan fingerprint density at radius 3 is 2.47 bits per heavy atom. The van der Waals surface area contributed by atoms with Gasteiger partial charge >= 0.3 is 6.18 Å². The van der Waals surface area contributed by atoms with Crippen molar-refractivity contribution in [1.82, 2.24) is 19.7 Å². The topological polar surface area (TPSA) is 69.2 Å². The normalized spacial score (nSPS) is 25.3. The zero-order valence-electron chi connectivity index (χ0n) is 17.6. The lowest BCUT2D eigenvalue weighted by atomic mass is 10.0. The Kier molecular flexibility index (Phi) is 6.39. The molecule has 6 nitrogen and oxygen atoms in total. The molecule has 3 aliphatic rings. The van der Waals surface area contributed by atoms with Crippen LogP contribution >= 0.6 is 0 Å². The van der Waals surface area contributed by atoms with E-state index in [4.69, 9.17) is 10.5 Å². The number of nitrogens with zero attached hydrogens (tertiary/aromatic N) is 4. The van der Waals surface area contributed by atoms with Crippen molar-refractivity contribution >= 4 is 5.82 Å². The first-order chi connectivity index (χ1) is 15.1. The van der Waals surface area contributed by atoms with Crippen LogP contribution in [0.2, 0.25) is 0 Å². The van der Waals surface area contributed by atoms with Crippen LogP contribution in [0.4, 0.5) is 27.8 Å². The van der Waals surface area contributed by atoms with E-state index in [1.807, 2.05) is 7.11 Å². The van der Waals surface area contributed by atoms with Crippen molar-refractivity contribution in [1.29, 1.82) is 0 Å². The van der Waals surface area contributed by atoms with Crippen LogP contribution in [0, 0.1) is 11.8 Å². The van der Waals surface area contributed by atoms with Gasteiger partial charge in [-0.1, -0.05) is 0 Å². The number of anilines is 1. The van der Waals surface area contributed by atoms with Crippen LogP contribution in [0.25, 0.3) is 11.3 Å². The Morgan fingerprint density at radius 1 is 1.19 bits per heavy atom. The Labute approximate surface area is 182 Å². The van der Waals surface area contributed by atoms with E-state index in [9.17, 15) is 22.0 Å². The highest BCUT2D eigenvalue weighted by Gasteiger charge is 2.49. The van der Waals surface area contributed by atoms with Crippen LogP contribution in [0.15, 0.2) is 24.5 Å². The fourth-order valence-electron chi connectivity index (χ4n) is 4.50. The smallest absolute Gasteiger partial charge is 0.383 e. The number of nitrogen functional groups attached to an aromatic ring is 1. The highest BCUT2D eigenvalue weighted by molar-refractivity contribution is 5.61. The number of halogens is 5. The third kappa shape index (κ3) is 5.20. The van der Waals surface area contributed by atoms with Crippen molar-refractivity contribution in [2.45, 2.75) is 50.6 Å². The van der Waals surface area contributed by atoms with Crippen molar-refractivity contribution in [3.8, 4) is 11.3 Å². The number of aromatic nitrogens is 3. The Balaban J connectivity index is 0.000000171. The molecule has 0 radical (unpaired) electrons. The number of likely N-dealkylation sites (tertiary alicyclic amines) is 1. The number of nitrogens with two attached hydrogens (primary N) is 1. The lowest BCUT2D eigenvalue weighted by molar-refractivity contribution is -0.137. The lowest BCUT2D eigenvalue weighted by Crippen LogP contribution is -2.55. The van der Waals surface area contributed by atoms with Crippen molar-refractivity contribution in [3.63, 3.8) is 0 Å². The minimum absolute atomic E-state index is 0.0551. The van der Waals surface area contributed by atoms with Gasteiger partial charge in [0.1, 0.15) is 12.4 Å². The molecule has 2 aliphatic carbocycles. The van der Waals surface area contributed by atoms with Gasteiger partial charge in [0.2, 0.25) is 0 Å². The zero-order chi connectivity index (χ0) is 23.0. The number of methoxy groups -OCH3 is 1. The Bertz CT molecular complexity index is 918. The summed E-state index contributed by atoms with van der Waals surface area (Å²) in [5, 5.41) is 3.76. The molecule has 2 aromatic rings.